The molecule has 1 aromatic rings. The molecule has 0 atom stereocenters. The van der Waals surface area contributed by atoms with E-state index in [1.165, 1.54) is 5.56 Å². The van der Waals surface area contributed by atoms with Crippen LogP contribution in [-0.2, 0) is 16.5 Å². The van der Waals surface area contributed by atoms with Gasteiger partial charge in [0.15, 0.2) is 0 Å². The molecule has 0 spiro atoms. The fourth-order valence-electron chi connectivity index (χ4n) is 0.925. The van der Waals surface area contributed by atoms with Gasteiger partial charge >= 0.3 is 29.6 Å². The topological polar surface area (TPSA) is 57.2 Å². The maximum absolute atomic E-state index is 9.60. The van der Waals surface area contributed by atoms with E-state index in [0.717, 1.165) is 12.5 Å². The maximum atomic E-state index is 9.60. The predicted octanol–water partition coefficient (Wildman–Crippen LogP) is -0.863. The van der Waals surface area contributed by atoms with Gasteiger partial charge in [-0.15, -0.1) is 13.2 Å². The number of hydrogen-bond acceptors (Lipinski definition) is 3. The molecule has 0 radical (unpaired) electrons. The Balaban J connectivity index is 0. The molecule has 0 N–H and O–H groups in total. The first-order valence-electron chi connectivity index (χ1n) is 4.69. The van der Waals surface area contributed by atoms with Crippen LogP contribution in [0.25, 0.3) is 0 Å². The molecule has 17 heavy (non-hydrogen) atoms. The first-order chi connectivity index (χ1) is 7.49. The van der Waals surface area contributed by atoms with E-state index in [0.29, 0.717) is 0 Å². The molecule has 0 saturated heterocycles. The van der Waals surface area contributed by atoms with Crippen LogP contribution in [0.1, 0.15) is 5.56 Å². The van der Waals surface area contributed by atoms with Gasteiger partial charge in [-0.05, 0) is 12.0 Å². The standard InChI is InChI=1S/C9H10.C3H6O3S.Na/c1-2-6-9-7-4-3-5-8-9;1-2-3-7(4,5)6;/h2-5,7-8H,1,6H2;2H,1,3H2,(H,4,5,6);/q;;+1/p-1. The first kappa shape index (κ1) is 19.0. The van der Waals surface area contributed by atoms with E-state index in [1.54, 1.807) is 0 Å². The van der Waals surface area contributed by atoms with Gasteiger partial charge in [-0.25, -0.2) is 8.42 Å². The third kappa shape index (κ3) is 13.5. The van der Waals surface area contributed by atoms with E-state index in [1.807, 2.05) is 24.3 Å². The van der Waals surface area contributed by atoms with Gasteiger partial charge in [0.2, 0.25) is 0 Å². The van der Waals surface area contributed by atoms with Crippen LogP contribution in [0.4, 0.5) is 0 Å². The largest absolute Gasteiger partial charge is 1.00 e. The van der Waals surface area contributed by atoms with Crippen molar-refractivity contribution in [2.75, 3.05) is 5.75 Å². The molecule has 0 saturated carbocycles. The third-order valence-electron chi connectivity index (χ3n) is 1.54. The predicted molar refractivity (Wildman–Crippen MR) is 65.1 cm³/mol. The van der Waals surface area contributed by atoms with Crippen molar-refractivity contribution < 1.29 is 42.5 Å². The summed E-state index contributed by atoms with van der Waals surface area (Å²) in [5.74, 6) is -0.479. The van der Waals surface area contributed by atoms with Gasteiger partial charge in [-0.1, -0.05) is 42.5 Å². The maximum Gasteiger partial charge on any atom is 1.00 e. The first-order valence-corrected chi connectivity index (χ1v) is 6.26. The normalized spacial score (nSPS) is 9.24. The fraction of sp³-hybridized carbons (Fsp3) is 0.167. The Morgan fingerprint density at radius 3 is 1.94 bits per heavy atom. The molecular weight excluding hydrogens is 247 g/mol. The van der Waals surface area contributed by atoms with Crippen molar-refractivity contribution in [1.29, 1.82) is 0 Å². The summed E-state index contributed by atoms with van der Waals surface area (Å²) in [6.45, 7) is 6.72. The molecule has 0 aromatic heterocycles. The quantitative estimate of drug-likeness (QED) is 0.403. The molecule has 0 bridgehead atoms. The minimum absolute atomic E-state index is 0. The zero-order valence-corrected chi connectivity index (χ0v) is 12.8. The zero-order valence-electron chi connectivity index (χ0n) is 10.0. The SMILES string of the molecule is C=CCS(=O)(=O)[O-].C=CCc1ccccc1.[Na+]. The van der Waals surface area contributed by atoms with Crippen LogP contribution in [0, 0.1) is 0 Å². The van der Waals surface area contributed by atoms with E-state index < -0.39 is 15.9 Å². The van der Waals surface area contributed by atoms with E-state index in [2.05, 4.69) is 25.3 Å². The van der Waals surface area contributed by atoms with Crippen molar-refractivity contribution in [1.82, 2.24) is 0 Å². The molecule has 1 rings (SSSR count). The van der Waals surface area contributed by atoms with Gasteiger partial charge < -0.3 is 4.55 Å². The number of benzene rings is 1. The minimum Gasteiger partial charge on any atom is -0.748 e. The molecule has 3 nitrogen and oxygen atoms in total. The Bertz CT molecular complexity index is 413. The molecule has 0 heterocycles. The van der Waals surface area contributed by atoms with Crippen LogP contribution in [0.3, 0.4) is 0 Å². The van der Waals surface area contributed by atoms with E-state index >= 15 is 0 Å². The Labute approximate surface area is 125 Å². The summed E-state index contributed by atoms with van der Waals surface area (Å²) in [5.41, 5.74) is 1.33. The van der Waals surface area contributed by atoms with Crippen LogP contribution >= 0.6 is 0 Å². The summed E-state index contributed by atoms with van der Waals surface area (Å²) in [4.78, 5) is 0. The monoisotopic (exact) mass is 262 g/mol. The average Bonchev–Trinajstić information content (AvgIpc) is 2.19. The van der Waals surface area contributed by atoms with Gasteiger partial charge in [-0.2, -0.15) is 0 Å². The number of hydrogen-bond donors (Lipinski definition) is 0. The smallest absolute Gasteiger partial charge is 0.748 e. The van der Waals surface area contributed by atoms with E-state index in [9.17, 15) is 13.0 Å². The van der Waals surface area contributed by atoms with Crippen molar-refractivity contribution in [2.45, 2.75) is 6.42 Å². The van der Waals surface area contributed by atoms with Gasteiger partial charge in [0.05, 0.1) is 15.9 Å². The molecule has 0 aliphatic rings. The van der Waals surface area contributed by atoms with Crippen molar-refractivity contribution in [2.24, 2.45) is 0 Å². The summed E-state index contributed by atoms with van der Waals surface area (Å²) in [6.07, 6.45) is 3.94. The van der Waals surface area contributed by atoms with Crippen LogP contribution in [0.5, 0.6) is 0 Å². The Hall–Kier alpha value is -0.390. The average molecular weight is 262 g/mol. The number of allylic oxidation sites excluding steroid dienone is 1. The van der Waals surface area contributed by atoms with E-state index in [4.69, 9.17) is 0 Å². The zero-order chi connectivity index (χ0) is 12.4. The summed E-state index contributed by atoms with van der Waals surface area (Å²) in [5, 5.41) is 0. The fourth-order valence-corrected chi connectivity index (χ4v) is 1.21. The molecule has 0 aliphatic heterocycles. The summed E-state index contributed by atoms with van der Waals surface area (Å²) in [7, 11) is -4.04. The molecule has 0 aliphatic carbocycles. The van der Waals surface area contributed by atoms with Gasteiger partial charge in [-0.3, -0.25) is 0 Å². The second kappa shape index (κ2) is 10.7. The van der Waals surface area contributed by atoms with Gasteiger partial charge in [0.25, 0.3) is 0 Å². The summed E-state index contributed by atoms with van der Waals surface area (Å²) in [6, 6.07) is 10.3. The molecule has 5 heteroatoms. The summed E-state index contributed by atoms with van der Waals surface area (Å²) >= 11 is 0. The second-order valence-corrected chi connectivity index (χ2v) is 4.44. The molecule has 88 valence electrons. The van der Waals surface area contributed by atoms with Crippen molar-refractivity contribution in [3.05, 3.63) is 61.2 Å². The summed E-state index contributed by atoms with van der Waals surface area (Å²) < 4.78 is 28.8. The third-order valence-corrected chi connectivity index (χ3v) is 2.19. The molecule has 0 fully saturated rings. The molecule has 1 aromatic carbocycles. The van der Waals surface area contributed by atoms with E-state index in [-0.39, 0.29) is 29.6 Å². The van der Waals surface area contributed by atoms with Gasteiger partial charge in [0, 0.05) is 0 Å². The Morgan fingerprint density at radius 1 is 1.12 bits per heavy atom. The number of rotatable bonds is 4. The van der Waals surface area contributed by atoms with Crippen LogP contribution in [0.2, 0.25) is 0 Å². The Kier molecular flexibility index (Phi) is 12.0. The molecule has 0 amide bonds. The van der Waals surface area contributed by atoms with Crippen molar-refractivity contribution in [3.8, 4) is 0 Å². The Morgan fingerprint density at radius 2 is 1.65 bits per heavy atom. The minimum atomic E-state index is -4.04. The van der Waals surface area contributed by atoms with Crippen LogP contribution < -0.4 is 29.6 Å². The van der Waals surface area contributed by atoms with Crippen LogP contribution in [0.15, 0.2) is 55.6 Å². The molecule has 0 unspecified atom stereocenters. The second-order valence-electron chi connectivity index (χ2n) is 2.99. The van der Waals surface area contributed by atoms with Gasteiger partial charge in [0.1, 0.15) is 0 Å². The van der Waals surface area contributed by atoms with Crippen molar-refractivity contribution >= 4 is 10.1 Å². The van der Waals surface area contributed by atoms with Crippen molar-refractivity contribution in [3.63, 3.8) is 0 Å². The molecular formula is C12H15NaO3S. The van der Waals surface area contributed by atoms with Crippen LogP contribution in [-0.4, -0.2) is 18.7 Å².